The SMILES string of the molecule is Cn1cnnc1C1CCN(C(=O)[C@H]2C[C@@H]2c2ccc(F)cc2)CC1. The van der Waals surface area contributed by atoms with Gasteiger partial charge in [0, 0.05) is 32.0 Å². The lowest BCUT2D eigenvalue weighted by Crippen LogP contribution is -2.39. The molecule has 126 valence electrons. The van der Waals surface area contributed by atoms with Gasteiger partial charge < -0.3 is 9.47 Å². The maximum absolute atomic E-state index is 13.0. The van der Waals surface area contributed by atoms with Gasteiger partial charge in [-0.2, -0.15) is 0 Å². The summed E-state index contributed by atoms with van der Waals surface area (Å²) in [5.74, 6) is 1.75. The molecule has 0 bridgehead atoms. The van der Waals surface area contributed by atoms with Crippen molar-refractivity contribution in [1.29, 1.82) is 0 Å². The summed E-state index contributed by atoms with van der Waals surface area (Å²) in [7, 11) is 1.96. The Morgan fingerprint density at radius 2 is 1.92 bits per heavy atom. The highest BCUT2D eigenvalue weighted by molar-refractivity contribution is 5.83. The van der Waals surface area contributed by atoms with Crippen LogP contribution >= 0.6 is 0 Å². The summed E-state index contributed by atoms with van der Waals surface area (Å²) >= 11 is 0. The van der Waals surface area contributed by atoms with Crippen LogP contribution in [0, 0.1) is 11.7 Å². The third-order valence-electron chi connectivity index (χ3n) is 5.32. The first kappa shape index (κ1) is 15.3. The molecule has 2 aromatic rings. The zero-order valence-electron chi connectivity index (χ0n) is 13.7. The fraction of sp³-hybridized carbons (Fsp3) is 0.500. The Morgan fingerprint density at radius 1 is 1.21 bits per heavy atom. The van der Waals surface area contributed by atoms with Crippen LogP contribution in [0.4, 0.5) is 4.39 Å². The lowest BCUT2D eigenvalue weighted by Gasteiger charge is -2.31. The highest BCUT2D eigenvalue weighted by Gasteiger charge is 2.46. The van der Waals surface area contributed by atoms with Crippen molar-refractivity contribution >= 4 is 5.91 Å². The van der Waals surface area contributed by atoms with E-state index in [0.29, 0.717) is 5.92 Å². The minimum atomic E-state index is -0.229. The van der Waals surface area contributed by atoms with Crippen molar-refractivity contribution in [3.63, 3.8) is 0 Å². The predicted octanol–water partition coefficient (Wildman–Crippen LogP) is 2.46. The summed E-state index contributed by atoms with van der Waals surface area (Å²) in [5, 5.41) is 8.14. The van der Waals surface area contributed by atoms with E-state index in [0.717, 1.165) is 43.7 Å². The Hall–Kier alpha value is -2.24. The first-order valence-corrected chi connectivity index (χ1v) is 8.51. The smallest absolute Gasteiger partial charge is 0.226 e. The summed E-state index contributed by atoms with van der Waals surface area (Å²) in [6.07, 6.45) is 4.48. The fourth-order valence-electron chi connectivity index (χ4n) is 3.80. The molecule has 0 N–H and O–H groups in total. The molecule has 6 heteroatoms. The van der Waals surface area contributed by atoms with Gasteiger partial charge in [-0.25, -0.2) is 4.39 Å². The lowest BCUT2D eigenvalue weighted by atomic mass is 9.95. The van der Waals surface area contributed by atoms with Gasteiger partial charge in [0.1, 0.15) is 18.0 Å². The first-order chi connectivity index (χ1) is 11.6. The summed E-state index contributed by atoms with van der Waals surface area (Å²) in [5.41, 5.74) is 1.07. The van der Waals surface area contributed by atoms with Crippen LogP contribution in [0.1, 0.15) is 42.5 Å². The van der Waals surface area contributed by atoms with Gasteiger partial charge in [-0.15, -0.1) is 10.2 Å². The predicted molar refractivity (Wildman–Crippen MR) is 86.8 cm³/mol. The van der Waals surface area contributed by atoms with Crippen molar-refractivity contribution < 1.29 is 9.18 Å². The van der Waals surface area contributed by atoms with Gasteiger partial charge in [-0.1, -0.05) is 12.1 Å². The van der Waals surface area contributed by atoms with Crippen molar-refractivity contribution in [2.45, 2.75) is 31.1 Å². The van der Waals surface area contributed by atoms with Gasteiger partial charge >= 0.3 is 0 Å². The number of amides is 1. The molecule has 1 saturated heterocycles. The van der Waals surface area contributed by atoms with E-state index in [-0.39, 0.29) is 23.6 Å². The van der Waals surface area contributed by atoms with Crippen LogP contribution < -0.4 is 0 Å². The van der Waals surface area contributed by atoms with Crippen LogP contribution in [0.2, 0.25) is 0 Å². The molecule has 0 spiro atoms. The van der Waals surface area contributed by atoms with Crippen LogP contribution in [-0.4, -0.2) is 38.7 Å². The Bertz CT molecular complexity index is 734. The van der Waals surface area contributed by atoms with E-state index in [9.17, 15) is 9.18 Å². The van der Waals surface area contributed by atoms with E-state index in [2.05, 4.69) is 10.2 Å². The number of aryl methyl sites for hydroxylation is 1. The molecule has 4 rings (SSSR count). The summed E-state index contributed by atoms with van der Waals surface area (Å²) in [6.45, 7) is 1.56. The minimum Gasteiger partial charge on any atom is -0.342 e. The van der Waals surface area contributed by atoms with Crippen molar-refractivity contribution in [3.8, 4) is 0 Å². The number of aromatic nitrogens is 3. The number of hydrogen-bond donors (Lipinski definition) is 0. The molecule has 1 amide bonds. The summed E-state index contributed by atoms with van der Waals surface area (Å²) in [6, 6.07) is 6.55. The number of nitrogens with zero attached hydrogens (tertiary/aromatic N) is 4. The van der Waals surface area contributed by atoms with Crippen LogP contribution in [0.15, 0.2) is 30.6 Å². The van der Waals surface area contributed by atoms with E-state index in [1.54, 1.807) is 18.5 Å². The summed E-state index contributed by atoms with van der Waals surface area (Å²) in [4.78, 5) is 14.7. The maximum Gasteiger partial charge on any atom is 0.226 e. The molecule has 24 heavy (non-hydrogen) atoms. The van der Waals surface area contributed by atoms with Crippen molar-refractivity contribution in [2.24, 2.45) is 13.0 Å². The molecule has 0 unspecified atom stereocenters. The van der Waals surface area contributed by atoms with E-state index >= 15 is 0 Å². The van der Waals surface area contributed by atoms with Crippen LogP contribution in [0.3, 0.4) is 0 Å². The van der Waals surface area contributed by atoms with Gasteiger partial charge in [0.2, 0.25) is 5.91 Å². The van der Waals surface area contributed by atoms with Gasteiger partial charge in [-0.3, -0.25) is 4.79 Å². The van der Waals surface area contributed by atoms with Crippen molar-refractivity contribution in [2.75, 3.05) is 13.1 Å². The van der Waals surface area contributed by atoms with Crippen molar-refractivity contribution in [3.05, 3.63) is 47.8 Å². The molecule has 2 heterocycles. The molecular weight excluding hydrogens is 307 g/mol. The minimum absolute atomic E-state index is 0.0711. The Labute approximate surface area is 140 Å². The zero-order valence-corrected chi connectivity index (χ0v) is 13.7. The molecule has 2 fully saturated rings. The molecule has 2 atom stereocenters. The monoisotopic (exact) mass is 328 g/mol. The summed E-state index contributed by atoms with van der Waals surface area (Å²) < 4.78 is 15.0. The highest BCUT2D eigenvalue weighted by Crippen LogP contribution is 2.48. The number of piperidine rings is 1. The highest BCUT2D eigenvalue weighted by atomic mass is 19.1. The first-order valence-electron chi connectivity index (χ1n) is 8.51. The lowest BCUT2D eigenvalue weighted by molar-refractivity contribution is -0.133. The van der Waals surface area contributed by atoms with Crippen molar-refractivity contribution in [1.82, 2.24) is 19.7 Å². The number of likely N-dealkylation sites (tertiary alicyclic amines) is 1. The molecular formula is C18H21FN4O. The van der Waals surface area contributed by atoms with Crippen LogP contribution in [0.5, 0.6) is 0 Å². The standard InChI is InChI=1S/C18H21FN4O/c1-22-11-20-21-17(22)13-6-8-23(9-7-13)18(24)16-10-15(16)12-2-4-14(19)5-3-12/h2-5,11,13,15-16H,6-10H2,1H3/t15-,16+/m1/s1. The quantitative estimate of drug-likeness (QED) is 0.870. The molecule has 5 nitrogen and oxygen atoms in total. The number of carbonyl (C=O) groups is 1. The molecule has 0 radical (unpaired) electrons. The van der Waals surface area contributed by atoms with Gasteiger partial charge in [0.25, 0.3) is 0 Å². The average Bonchev–Trinajstić information content (AvgIpc) is 3.29. The van der Waals surface area contributed by atoms with Crippen LogP contribution in [-0.2, 0) is 11.8 Å². The molecule has 1 saturated carbocycles. The second kappa shape index (κ2) is 6.00. The van der Waals surface area contributed by atoms with E-state index in [4.69, 9.17) is 0 Å². The Balaban J connectivity index is 1.34. The number of hydrogen-bond acceptors (Lipinski definition) is 3. The van der Waals surface area contributed by atoms with E-state index in [1.807, 2.05) is 16.5 Å². The largest absolute Gasteiger partial charge is 0.342 e. The van der Waals surface area contributed by atoms with Gasteiger partial charge in [0.15, 0.2) is 0 Å². The molecule has 1 aromatic carbocycles. The molecule has 1 aliphatic heterocycles. The van der Waals surface area contributed by atoms with E-state index < -0.39 is 0 Å². The number of benzene rings is 1. The number of halogens is 1. The molecule has 1 aliphatic carbocycles. The van der Waals surface area contributed by atoms with Crippen LogP contribution in [0.25, 0.3) is 0 Å². The third-order valence-corrected chi connectivity index (χ3v) is 5.32. The fourth-order valence-corrected chi connectivity index (χ4v) is 3.80. The van der Waals surface area contributed by atoms with E-state index in [1.165, 1.54) is 12.1 Å². The second-order valence-corrected chi connectivity index (χ2v) is 6.90. The number of carbonyl (C=O) groups excluding carboxylic acids is 1. The normalized spacial score (nSPS) is 24.2. The number of rotatable bonds is 3. The second-order valence-electron chi connectivity index (χ2n) is 6.90. The zero-order chi connectivity index (χ0) is 16.7. The van der Waals surface area contributed by atoms with Gasteiger partial charge in [0.05, 0.1) is 0 Å². The average molecular weight is 328 g/mol. The third kappa shape index (κ3) is 2.81. The molecule has 1 aromatic heterocycles. The maximum atomic E-state index is 13.0. The topological polar surface area (TPSA) is 51.0 Å². The Morgan fingerprint density at radius 3 is 2.54 bits per heavy atom. The Kier molecular flexibility index (Phi) is 3.82. The molecule has 2 aliphatic rings. The van der Waals surface area contributed by atoms with Gasteiger partial charge in [-0.05, 0) is 42.9 Å².